The zero-order valence-electron chi connectivity index (χ0n) is 8.93. The Morgan fingerprint density at radius 2 is 2.12 bits per heavy atom. The summed E-state index contributed by atoms with van der Waals surface area (Å²) in [6.45, 7) is 0.272. The number of likely N-dealkylation sites (tertiary alicyclic amines) is 1. The van der Waals surface area contributed by atoms with Crippen molar-refractivity contribution in [2.75, 3.05) is 12.4 Å². The Labute approximate surface area is 102 Å². The van der Waals surface area contributed by atoms with E-state index in [0.717, 1.165) is 4.90 Å². The minimum Gasteiger partial charge on any atom is -0.465 e. The van der Waals surface area contributed by atoms with Crippen molar-refractivity contribution in [2.24, 2.45) is 0 Å². The molecule has 1 saturated heterocycles. The van der Waals surface area contributed by atoms with Crippen LogP contribution in [-0.2, 0) is 9.59 Å². The largest absolute Gasteiger partial charge is 0.465 e. The average molecular weight is 265 g/mol. The summed E-state index contributed by atoms with van der Waals surface area (Å²) in [5.41, 5.74) is 0. The molecule has 0 radical (unpaired) electrons. The van der Waals surface area contributed by atoms with Gasteiger partial charge in [0.15, 0.2) is 6.10 Å². The summed E-state index contributed by atoms with van der Waals surface area (Å²) >= 11 is 5.19. The van der Waals surface area contributed by atoms with Gasteiger partial charge in [-0.05, 0) is 12.8 Å². The van der Waals surface area contributed by atoms with E-state index in [-0.39, 0.29) is 6.54 Å². The van der Waals surface area contributed by atoms with Crippen LogP contribution in [-0.4, -0.2) is 57.6 Å². The molecule has 96 valence electrons. The molecule has 17 heavy (non-hydrogen) atoms. The first-order chi connectivity index (χ1) is 7.97. The van der Waals surface area contributed by atoms with Crippen molar-refractivity contribution in [2.45, 2.75) is 25.0 Å². The van der Waals surface area contributed by atoms with Gasteiger partial charge in [0.25, 0.3) is 5.91 Å². The maximum atomic E-state index is 11.4. The van der Waals surface area contributed by atoms with E-state index in [9.17, 15) is 19.5 Å². The van der Waals surface area contributed by atoms with Crippen molar-refractivity contribution in [3.05, 3.63) is 0 Å². The summed E-state index contributed by atoms with van der Waals surface area (Å²) in [6.07, 6.45) is -1.79. The van der Waals surface area contributed by atoms with Gasteiger partial charge in [0.05, 0.1) is 6.04 Å². The summed E-state index contributed by atoms with van der Waals surface area (Å²) in [5.74, 6) is -2.05. The van der Waals surface area contributed by atoms with E-state index in [1.54, 1.807) is 0 Å². The normalized spacial score (nSPS) is 21.1. The van der Waals surface area contributed by atoms with Crippen LogP contribution in [0, 0.1) is 0 Å². The number of amides is 3. The number of alkyl halides is 1. The van der Waals surface area contributed by atoms with Gasteiger partial charge in [-0.3, -0.25) is 14.9 Å². The Morgan fingerprint density at radius 1 is 1.47 bits per heavy atom. The molecule has 0 saturated carbocycles. The van der Waals surface area contributed by atoms with Crippen LogP contribution in [0.2, 0.25) is 0 Å². The van der Waals surface area contributed by atoms with Gasteiger partial charge < -0.3 is 15.1 Å². The van der Waals surface area contributed by atoms with Crippen LogP contribution < -0.4 is 5.32 Å². The maximum absolute atomic E-state index is 11.4. The fourth-order valence-electron chi connectivity index (χ4n) is 1.78. The number of nitrogens with zero attached hydrogens (tertiary/aromatic N) is 1. The van der Waals surface area contributed by atoms with Crippen molar-refractivity contribution in [1.29, 1.82) is 0 Å². The molecular formula is C9H13ClN2O5. The van der Waals surface area contributed by atoms with Crippen LogP contribution in [0.1, 0.15) is 12.8 Å². The first-order valence-corrected chi connectivity index (χ1v) is 5.58. The maximum Gasteiger partial charge on any atom is 0.407 e. The number of carbonyl (C=O) groups is 3. The molecule has 7 nitrogen and oxygen atoms in total. The molecule has 0 spiro atoms. The molecule has 1 unspecified atom stereocenters. The molecule has 0 aromatic rings. The molecule has 0 aromatic carbocycles. The Morgan fingerprint density at radius 3 is 2.65 bits per heavy atom. The number of rotatable bonds is 3. The summed E-state index contributed by atoms with van der Waals surface area (Å²) in [7, 11) is 0. The quantitative estimate of drug-likeness (QED) is 0.589. The van der Waals surface area contributed by atoms with Gasteiger partial charge in [-0.15, -0.1) is 11.6 Å². The van der Waals surface area contributed by atoms with Crippen molar-refractivity contribution in [1.82, 2.24) is 10.2 Å². The van der Waals surface area contributed by atoms with Gasteiger partial charge >= 0.3 is 6.09 Å². The third kappa shape index (κ3) is 3.31. The molecule has 1 fully saturated rings. The van der Waals surface area contributed by atoms with Crippen LogP contribution >= 0.6 is 11.6 Å². The second-order valence-corrected chi connectivity index (χ2v) is 3.94. The molecule has 0 aliphatic carbocycles. The molecule has 3 N–H and O–H groups in total. The number of nitrogens with one attached hydrogen (secondary N) is 1. The fraction of sp³-hybridized carbons (Fsp3) is 0.667. The van der Waals surface area contributed by atoms with Gasteiger partial charge in [-0.25, -0.2) is 4.79 Å². The van der Waals surface area contributed by atoms with E-state index in [4.69, 9.17) is 16.7 Å². The highest BCUT2D eigenvalue weighted by atomic mass is 35.5. The minimum absolute atomic E-state index is 0.272. The number of imide groups is 1. The van der Waals surface area contributed by atoms with Crippen molar-refractivity contribution in [3.63, 3.8) is 0 Å². The summed E-state index contributed by atoms with van der Waals surface area (Å²) < 4.78 is 0. The van der Waals surface area contributed by atoms with Gasteiger partial charge in [-0.1, -0.05) is 0 Å². The molecule has 0 bridgehead atoms. The van der Waals surface area contributed by atoms with Gasteiger partial charge in [-0.2, -0.15) is 0 Å². The monoisotopic (exact) mass is 264 g/mol. The predicted octanol–water partition coefficient (Wildman–Crippen LogP) is -0.629. The molecule has 8 heteroatoms. The lowest BCUT2D eigenvalue weighted by molar-refractivity contribution is -0.136. The van der Waals surface area contributed by atoms with Crippen molar-refractivity contribution >= 4 is 29.5 Å². The molecule has 1 heterocycles. The van der Waals surface area contributed by atoms with Crippen LogP contribution in [0.15, 0.2) is 0 Å². The van der Waals surface area contributed by atoms with E-state index in [2.05, 4.69) is 0 Å². The SMILES string of the molecule is O=C(CCl)NC(=O)C(O)[C@@H]1CCCN1C(=O)O. The first kappa shape index (κ1) is 13.7. The summed E-state index contributed by atoms with van der Waals surface area (Å²) in [5, 5.41) is 20.4. The number of aliphatic hydroxyl groups is 1. The highest BCUT2D eigenvalue weighted by Gasteiger charge is 2.37. The molecular weight excluding hydrogens is 252 g/mol. The predicted molar refractivity (Wildman–Crippen MR) is 57.6 cm³/mol. The molecule has 1 aliphatic heterocycles. The van der Waals surface area contributed by atoms with Crippen molar-refractivity contribution < 1.29 is 24.6 Å². The lowest BCUT2D eigenvalue weighted by Crippen LogP contribution is -2.50. The topological polar surface area (TPSA) is 107 Å². The van der Waals surface area contributed by atoms with E-state index in [0.29, 0.717) is 12.8 Å². The smallest absolute Gasteiger partial charge is 0.407 e. The van der Waals surface area contributed by atoms with Crippen LogP contribution in [0.3, 0.4) is 0 Å². The Kier molecular flexibility index (Phi) is 4.71. The highest BCUT2D eigenvalue weighted by molar-refractivity contribution is 6.28. The second-order valence-electron chi connectivity index (χ2n) is 3.68. The van der Waals surface area contributed by atoms with Gasteiger partial charge in [0, 0.05) is 6.54 Å². The molecule has 1 rings (SSSR count). The number of halogens is 1. The third-order valence-corrected chi connectivity index (χ3v) is 2.80. The van der Waals surface area contributed by atoms with Gasteiger partial charge in [0.2, 0.25) is 5.91 Å². The number of hydrogen-bond donors (Lipinski definition) is 3. The van der Waals surface area contributed by atoms with Crippen LogP contribution in [0.5, 0.6) is 0 Å². The van der Waals surface area contributed by atoms with E-state index in [1.807, 2.05) is 5.32 Å². The lowest BCUT2D eigenvalue weighted by atomic mass is 10.1. The Balaban J connectivity index is 2.62. The number of aliphatic hydroxyl groups excluding tert-OH is 1. The number of carboxylic acid groups (broad SMARTS) is 1. The fourth-order valence-corrected chi connectivity index (χ4v) is 1.84. The van der Waals surface area contributed by atoms with Gasteiger partial charge in [0.1, 0.15) is 5.88 Å². The summed E-state index contributed by atoms with van der Waals surface area (Å²) in [6, 6.07) is -0.810. The highest BCUT2D eigenvalue weighted by Crippen LogP contribution is 2.20. The standard InChI is InChI=1S/C9H13ClN2O5/c10-4-6(13)11-8(15)7(14)5-2-1-3-12(5)9(16)17/h5,7,14H,1-4H2,(H,16,17)(H,11,13,15)/t5-,7?/m0/s1. The minimum atomic E-state index is -1.55. The molecule has 2 atom stereocenters. The van der Waals surface area contributed by atoms with E-state index < -0.39 is 35.9 Å². The van der Waals surface area contributed by atoms with Crippen molar-refractivity contribution in [3.8, 4) is 0 Å². The lowest BCUT2D eigenvalue weighted by Gasteiger charge is -2.25. The zero-order valence-corrected chi connectivity index (χ0v) is 9.68. The molecule has 0 aromatic heterocycles. The van der Waals surface area contributed by atoms with E-state index >= 15 is 0 Å². The third-order valence-electron chi connectivity index (χ3n) is 2.56. The van der Waals surface area contributed by atoms with Crippen LogP contribution in [0.25, 0.3) is 0 Å². The summed E-state index contributed by atoms with van der Waals surface area (Å²) in [4.78, 5) is 34.1. The zero-order chi connectivity index (χ0) is 13.0. The Hall–Kier alpha value is -1.34. The average Bonchev–Trinajstić information content (AvgIpc) is 2.76. The molecule has 3 amide bonds. The van der Waals surface area contributed by atoms with E-state index in [1.165, 1.54) is 0 Å². The second kappa shape index (κ2) is 5.83. The molecule has 1 aliphatic rings. The Bertz CT molecular complexity index is 335. The first-order valence-electron chi connectivity index (χ1n) is 5.04. The van der Waals surface area contributed by atoms with Crippen LogP contribution in [0.4, 0.5) is 4.79 Å². The number of hydrogen-bond acceptors (Lipinski definition) is 4. The number of carbonyl (C=O) groups excluding carboxylic acids is 2.